The molecule has 0 fully saturated rings. The van der Waals surface area contributed by atoms with Crippen molar-refractivity contribution in [2.75, 3.05) is 0 Å². The monoisotopic (exact) mass is 247 g/mol. The number of rotatable bonds is 1. The second-order valence-corrected chi connectivity index (χ2v) is 4.13. The largest absolute Gasteiger partial charge is 0.192 e. The van der Waals surface area contributed by atoms with E-state index in [0.717, 1.165) is 11.1 Å². The highest BCUT2D eigenvalue weighted by atomic mass is 35.5. The first kappa shape index (κ1) is 11.0. The molecule has 0 amide bonds. The highest BCUT2D eigenvalue weighted by molar-refractivity contribution is 6.42. The zero-order chi connectivity index (χ0) is 11.5. The lowest BCUT2D eigenvalue weighted by Gasteiger charge is -2.03. The normalized spacial score (nSPS) is 9.81. The molecule has 0 bridgehead atoms. The van der Waals surface area contributed by atoms with Crippen LogP contribution in [0.4, 0.5) is 0 Å². The quantitative estimate of drug-likeness (QED) is 0.727. The van der Waals surface area contributed by atoms with Crippen molar-refractivity contribution in [3.05, 3.63) is 58.1 Å². The zero-order valence-electron chi connectivity index (χ0n) is 8.24. The van der Waals surface area contributed by atoms with E-state index in [-0.39, 0.29) is 0 Å². The minimum atomic E-state index is 0.531. The maximum absolute atomic E-state index is 8.69. The molecule has 78 valence electrons. The zero-order valence-corrected chi connectivity index (χ0v) is 9.76. The molecule has 0 radical (unpaired) electrons. The predicted octanol–water partition coefficient (Wildman–Crippen LogP) is 4.53. The van der Waals surface area contributed by atoms with Crippen molar-refractivity contribution in [2.24, 2.45) is 0 Å². The van der Waals surface area contributed by atoms with Crippen molar-refractivity contribution < 1.29 is 0 Å². The molecule has 0 aromatic heterocycles. The van der Waals surface area contributed by atoms with E-state index in [1.165, 1.54) is 0 Å². The lowest BCUT2D eigenvalue weighted by Crippen LogP contribution is -1.79. The Kier molecular flexibility index (Phi) is 3.14. The summed E-state index contributed by atoms with van der Waals surface area (Å²) in [4.78, 5) is 0. The van der Waals surface area contributed by atoms with Gasteiger partial charge in [-0.3, -0.25) is 0 Å². The van der Waals surface area contributed by atoms with E-state index in [1.54, 1.807) is 18.2 Å². The molecule has 2 rings (SSSR count). The number of halogens is 2. The van der Waals surface area contributed by atoms with Crippen molar-refractivity contribution in [1.29, 1.82) is 5.26 Å². The van der Waals surface area contributed by atoms with Gasteiger partial charge in [0, 0.05) is 0 Å². The highest BCUT2D eigenvalue weighted by Crippen LogP contribution is 2.28. The van der Waals surface area contributed by atoms with E-state index >= 15 is 0 Å². The maximum Gasteiger partial charge on any atom is 0.0991 e. The molecule has 3 heteroatoms. The molecular formula is C13H7Cl2N. The summed E-state index contributed by atoms with van der Waals surface area (Å²) in [6, 6.07) is 14.9. The Hall–Kier alpha value is -1.49. The highest BCUT2D eigenvalue weighted by Gasteiger charge is 2.01. The fourth-order valence-corrected chi connectivity index (χ4v) is 1.71. The van der Waals surface area contributed by atoms with Gasteiger partial charge in [0.05, 0.1) is 21.7 Å². The molecule has 0 aliphatic rings. The van der Waals surface area contributed by atoms with Crippen LogP contribution in [0.1, 0.15) is 5.56 Å². The fourth-order valence-electron chi connectivity index (χ4n) is 1.41. The van der Waals surface area contributed by atoms with Gasteiger partial charge in [-0.2, -0.15) is 5.26 Å². The molecule has 16 heavy (non-hydrogen) atoms. The smallest absolute Gasteiger partial charge is 0.0991 e. The summed E-state index contributed by atoms with van der Waals surface area (Å²) in [5, 5.41) is 9.76. The van der Waals surface area contributed by atoms with Crippen LogP contribution in [0.25, 0.3) is 11.1 Å². The lowest BCUT2D eigenvalue weighted by atomic mass is 10.0. The summed E-state index contributed by atoms with van der Waals surface area (Å²) >= 11 is 11.8. The van der Waals surface area contributed by atoms with Crippen molar-refractivity contribution in [2.45, 2.75) is 0 Å². The minimum absolute atomic E-state index is 0.531. The van der Waals surface area contributed by atoms with Crippen LogP contribution in [0.2, 0.25) is 10.0 Å². The van der Waals surface area contributed by atoms with E-state index < -0.39 is 0 Å². The predicted molar refractivity (Wildman–Crippen MR) is 66.6 cm³/mol. The number of hydrogen-bond acceptors (Lipinski definition) is 1. The van der Waals surface area contributed by atoms with Crippen molar-refractivity contribution >= 4 is 23.2 Å². The van der Waals surface area contributed by atoms with Crippen LogP contribution >= 0.6 is 23.2 Å². The van der Waals surface area contributed by atoms with Gasteiger partial charge < -0.3 is 0 Å². The van der Waals surface area contributed by atoms with E-state index in [9.17, 15) is 0 Å². The van der Waals surface area contributed by atoms with Gasteiger partial charge >= 0.3 is 0 Å². The van der Waals surface area contributed by atoms with Crippen molar-refractivity contribution in [1.82, 2.24) is 0 Å². The molecule has 2 aromatic carbocycles. The molecule has 0 aliphatic carbocycles. The Bertz CT molecular complexity index is 553. The number of nitrogens with zero attached hydrogens (tertiary/aromatic N) is 1. The minimum Gasteiger partial charge on any atom is -0.192 e. The molecular weight excluding hydrogens is 241 g/mol. The third-order valence-corrected chi connectivity index (χ3v) is 3.01. The fraction of sp³-hybridized carbons (Fsp3) is 0. The molecule has 0 aliphatic heterocycles. The van der Waals surface area contributed by atoms with Gasteiger partial charge in [-0.15, -0.1) is 0 Å². The molecule has 0 saturated heterocycles. The summed E-state index contributed by atoms with van der Waals surface area (Å²) in [7, 11) is 0. The second kappa shape index (κ2) is 4.57. The molecule has 0 unspecified atom stereocenters. The Morgan fingerprint density at radius 1 is 0.812 bits per heavy atom. The van der Waals surface area contributed by atoms with Crippen LogP contribution in [0.3, 0.4) is 0 Å². The average molecular weight is 248 g/mol. The van der Waals surface area contributed by atoms with Gasteiger partial charge in [0.1, 0.15) is 0 Å². The molecule has 0 heterocycles. The molecule has 0 N–H and O–H groups in total. The standard InChI is InChI=1S/C13H7Cl2N/c14-12-6-5-11(7-13(12)15)10-3-1-9(8-16)2-4-10/h1-7H. The van der Waals surface area contributed by atoms with Crippen LogP contribution < -0.4 is 0 Å². The third-order valence-electron chi connectivity index (χ3n) is 2.27. The second-order valence-electron chi connectivity index (χ2n) is 3.32. The van der Waals surface area contributed by atoms with E-state index in [0.29, 0.717) is 15.6 Å². The summed E-state index contributed by atoms with van der Waals surface area (Å²) in [5.41, 5.74) is 2.64. The average Bonchev–Trinajstić information content (AvgIpc) is 2.33. The molecule has 0 spiro atoms. The van der Waals surface area contributed by atoms with Crippen molar-refractivity contribution in [3.63, 3.8) is 0 Å². The number of nitriles is 1. The first-order valence-corrected chi connectivity index (χ1v) is 5.42. The Morgan fingerprint density at radius 2 is 1.44 bits per heavy atom. The molecule has 2 aromatic rings. The van der Waals surface area contributed by atoms with E-state index in [1.807, 2.05) is 24.3 Å². The molecule has 1 nitrogen and oxygen atoms in total. The van der Waals surface area contributed by atoms with Crippen LogP contribution in [-0.4, -0.2) is 0 Å². The van der Waals surface area contributed by atoms with Crippen LogP contribution in [-0.2, 0) is 0 Å². The van der Waals surface area contributed by atoms with Gasteiger partial charge in [0.15, 0.2) is 0 Å². The first-order chi connectivity index (χ1) is 7.70. The first-order valence-electron chi connectivity index (χ1n) is 4.66. The SMILES string of the molecule is N#Cc1ccc(-c2ccc(Cl)c(Cl)c2)cc1. The third kappa shape index (κ3) is 2.19. The van der Waals surface area contributed by atoms with Crippen molar-refractivity contribution in [3.8, 4) is 17.2 Å². The van der Waals surface area contributed by atoms with Crippen LogP contribution in [0.5, 0.6) is 0 Å². The summed E-state index contributed by atoms with van der Waals surface area (Å²) in [6.45, 7) is 0. The van der Waals surface area contributed by atoms with Gasteiger partial charge in [0.25, 0.3) is 0 Å². The summed E-state index contributed by atoms with van der Waals surface area (Å²) < 4.78 is 0. The van der Waals surface area contributed by atoms with Gasteiger partial charge in [0.2, 0.25) is 0 Å². The number of benzene rings is 2. The van der Waals surface area contributed by atoms with Gasteiger partial charge in [-0.25, -0.2) is 0 Å². The topological polar surface area (TPSA) is 23.8 Å². The summed E-state index contributed by atoms with van der Waals surface area (Å²) in [6.07, 6.45) is 0. The molecule has 0 atom stereocenters. The lowest BCUT2D eigenvalue weighted by molar-refractivity contribution is 1.48. The van der Waals surface area contributed by atoms with Gasteiger partial charge in [-0.1, -0.05) is 41.4 Å². The van der Waals surface area contributed by atoms with E-state index in [2.05, 4.69) is 6.07 Å². The number of hydrogen-bond donors (Lipinski definition) is 0. The summed E-state index contributed by atoms with van der Waals surface area (Å²) in [5.74, 6) is 0. The maximum atomic E-state index is 8.69. The molecule has 0 saturated carbocycles. The van der Waals surface area contributed by atoms with Gasteiger partial charge in [-0.05, 0) is 35.4 Å². The Morgan fingerprint density at radius 3 is 2.00 bits per heavy atom. The van der Waals surface area contributed by atoms with Crippen LogP contribution in [0.15, 0.2) is 42.5 Å². The Labute approximate surface area is 104 Å². The Balaban J connectivity index is 2.43. The van der Waals surface area contributed by atoms with E-state index in [4.69, 9.17) is 28.5 Å². The van der Waals surface area contributed by atoms with Crippen LogP contribution in [0, 0.1) is 11.3 Å².